The van der Waals surface area contributed by atoms with Gasteiger partial charge in [0.15, 0.2) is 11.5 Å². The van der Waals surface area contributed by atoms with Gasteiger partial charge < -0.3 is 19.9 Å². The summed E-state index contributed by atoms with van der Waals surface area (Å²) >= 11 is 6.48. The predicted molar refractivity (Wildman–Crippen MR) is 140 cm³/mol. The van der Waals surface area contributed by atoms with Gasteiger partial charge in [-0.1, -0.05) is 23.7 Å². The average molecular weight is 504 g/mol. The Morgan fingerprint density at radius 2 is 2.03 bits per heavy atom. The lowest BCUT2D eigenvalue weighted by molar-refractivity contribution is -0.0207. The molecular formula is C27H26ClN5O3. The average Bonchev–Trinajstić information content (AvgIpc) is 3.26. The fourth-order valence-electron chi connectivity index (χ4n) is 3.84. The lowest BCUT2D eigenvalue weighted by Gasteiger charge is -2.26. The number of benzene rings is 2. The van der Waals surface area contributed by atoms with Crippen LogP contribution in [0.4, 0.5) is 11.5 Å². The van der Waals surface area contributed by atoms with Crippen LogP contribution in [0.15, 0.2) is 72.1 Å². The minimum absolute atomic E-state index is 0.331. The van der Waals surface area contributed by atoms with Gasteiger partial charge in [-0.25, -0.2) is 9.97 Å². The Hall–Kier alpha value is -3.75. The summed E-state index contributed by atoms with van der Waals surface area (Å²) in [5.74, 6) is 1.84. The Bertz CT molecular complexity index is 1410. The number of fused-ring (bicyclic) bond motifs is 1. The second kappa shape index (κ2) is 10.1. The van der Waals surface area contributed by atoms with E-state index in [0.717, 1.165) is 27.8 Å². The lowest BCUT2D eigenvalue weighted by atomic mass is 10.0. The first kappa shape index (κ1) is 24.0. The summed E-state index contributed by atoms with van der Waals surface area (Å²) in [6.07, 6.45) is 3.15. The summed E-state index contributed by atoms with van der Waals surface area (Å²) in [5, 5.41) is 14.7. The number of hydrogen-bond acceptors (Lipinski definition) is 8. The third-order valence-electron chi connectivity index (χ3n) is 6.16. The summed E-state index contributed by atoms with van der Waals surface area (Å²) in [6, 6.07) is 17.1. The molecule has 184 valence electrons. The van der Waals surface area contributed by atoms with Crippen molar-refractivity contribution in [1.82, 2.24) is 15.0 Å². The monoisotopic (exact) mass is 503 g/mol. The van der Waals surface area contributed by atoms with Gasteiger partial charge in [0.1, 0.15) is 24.5 Å². The van der Waals surface area contributed by atoms with E-state index in [1.54, 1.807) is 19.2 Å². The van der Waals surface area contributed by atoms with E-state index in [1.165, 1.54) is 6.33 Å². The molecule has 0 unspecified atom stereocenters. The van der Waals surface area contributed by atoms with E-state index in [4.69, 9.17) is 21.1 Å². The van der Waals surface area contributed by atoms with E-state index in [2.05, 4.69) is 25.3 Å². The molecule has 2 atom stereocenters. The quantitative estimate of drug-likeness (QED) is 0.344. The van der Waals surface area contributed by atoms with Crippen molar-refractivity contribution in [3.63, 3.8) is 0 Å². The molecule has 1 aliphatic heterocycles. The minimum Gasteiger partial charge on any atom is -0.486 e. The molecule has 2 aromatic heterocycles. The first-order valence-electron chi connectivity index (χ1n) is 11.6. The molecule has 0 spiro atoms. The summed E-state index contributed by atoms with van der Waals surface area (Å²) in [4.78, 5) is 17.6. The molecule has 0 saturated heterocycles. The molecule has 0 saturated carbocycles. The van der Waals surface area contributed by atoms with E-state index in [-0.39, 0.29) is 0 Å². The van der Waals surface area contributed by atoms with Crippen LogP contribution in [0, 0.1) is 0 Å². The molecule has 9 heteroatoms. The fourth-order valence-corrected chi connectivity index (χ4v) is 4.08. The zero-order valence-electron chi connectivity index (χ0n) is 20.0. The summed E-state index contributed by atoms with van der Waals surface area (Å²) in [6.45, 7) is 4.35. The number of anilines is 2. The molecule has 0 bridgehead atoms. The highest BCUT2D eigenvalue weighted by Crippen LogP contribution is 2.31. The number of hydrogen-bond donors (Lipinski definition) is 2. The number of aromatic nitrogens is 3. The van der Waals surface area contributed by atoms with Crippen LogP contribution in [0.3, 0.4) is 0 Å². The molecule has 4 aromatic rings. The number of aliphatic imine (C=N–C) groups is 1. The Kier molecular flexibility index (Phi) is 6.71. The van der Waals surface area contributed by atoms with Crippen molar-refractivity contribution in [2.24, 2.45) is 4.99 Å². The van der Waals surface area contributed by atoms with Gasteiger partial charge >= 0.3 is 0 Å². The van der Waals surface area contributed by atoms with E-state index in [9.17, 15) is 5.11 Å². The summed E-state index contributed by atoms with van der Waals surface area (Å²) in [7, 11) is 0. The third kappa shape index (κ3) is 5.24. The van der Waals surface area contributed by atoms with Gasteiger partial charge in [-0.2, -0.15) is 0 Å². The molecule has 0 amide bonds. The minimum atomic E-state index is -0.686. The number of aliphatic hydroxyl groups excluding tert-OH is 1. The van der Waals surface area contributed by atoms with E-state index in [0.29, 0.717) is 42.1 Å². The molecule has 1 aliphatic rings. The van der Waals surface area contributed by atoms with Gasteiger partial charge in [-0.05, 0) is 61.9 Å². The van der Waals surface area contributed by atoms with Gasteiger partial charge in [0, 0.05) is 23.7 Å². The number of ether oxygens (including phenoxy) is 2. The lowest BCUT2D eigenvalue weighted by Crippen LogP contribution is -2.41. The molecule has 0 fully saturated rings. The van der Waals surface area contributed by atoms with E-state index >= 15 is 0 Å². The second-order valence-corrected chi connectivity index (χ2v) is 9.34. The molecule has 0 aliphatic carbocycles. The van der Waals surface area contributed by atoms with Crippen molar-refractivity contribution < 1.29 is 14.6 Å². The Morgan fingerprint density at radius 1 is 1.14 bits per heavy atom. The normalized spacial score (nSPS) is 17.9. The fraction of sp³-hybridized carbons (Fsp3) is 0.259. The van der Waals surface area contributed by atoms with Crippen molar-refractivity contribution in [1.29, 1.82) is 0 Å². The van der Waals surface area contributed by atoms with E-state index < -0.39 is 11.7 Å². The first-order valence-corrected chi connectivity index (χ1v) is 12.0. The second-order valence-electron chi connectivity index (χ2n) is 8.93. The topological polar surface area (TPSA) is 102 Å². The molecule has 8 nitrogen and oxygen atoms in total. The van der Waals surface area contributed by atoms with Crippen LogP contribution in [0.25, 0.3) is 10.9 Å². The maximum Gasteiger partial charge on any atom is 0.188 e. The smallest absolute Gasteiger partial charge is 0.188 e. The van der Waals surface area contributed by atoms with Crippen LogP contribution in [-0.4, -0.2) is 44.2 Å². The standard InChI is InChI=1S/C27H26ClN5O3/c1-17(34)27(2)15-30-25(36-27)12-18-6-8-23-21(11-18)26(32-16-31-23)33-19-7-9-24(22(28)13-19)35-14-20-5-3-4-10-29-20/h3-11,13,16-17,34H,12,14-15H2,1-2H3,(H,31,32,33)/t17-,27+/m1/s1. The highest BCUT2D eigenvalue weighted by atomic mass is 35.5. The zero-order chi connectivity index (χ0) is 25.1. The summed E-state index contributed by atoms with van der Waals surface area (Å²) in [5.41, 5.74) is 2.72. The number of pyridine rings is 1. The molecule has 0 radical (unpaired) electrons. The highest BCUT2D eigenvalue weighted by Gasteiger charge is 2.37. The van der Waals surface area contributed by atoms with E-state index in [1.807, 2.05) is 55.5 Å². The Morgan fingerprint density at radius 3 is 2.78 bits per heavy atom. The molecular weight excluding hydrogens is 478 g/mol. The largest absolute Gasteiger partial charge is 0.486 e. The van der Waals surface area contributed by atoms with Crippen LogP contribution in [0.1, 0.15) is 25.1 Å². The summed E-state index contributed by atoms with van der Waals surface area (Å²) < 4.78 is 11.8. The van der Waals surface area contributed by atoms with Crippen molar-refractivity contribution >= 4 is 39.9 Å². The number of nitrogens with zero attached hydrogens (tertiary/aromatic N) is 4. The molecule has 2 N–H and O–H groups in total. The van der Waals surface area contributed by atoms with Gasteiger partial charge in [0.2, 0.25) is 0 Å². The Balaban J connectivity index is 1.32. The number of rotatable bonds is 8. The van der Waals surface area contributed by atoms with Crippen LogP contribution >= 0.6 is 11.6 Å². The Labute approximate surface area is 214 Å². The van der Waals surface area contributed by atoms with Gasteiger partial charge in [0.05, 0.1) is 28.9 Å². The molecule has 36 heavy (non-hydrogen) atoms. The first-order chi connectivity index (χ1) is 17.4. The van der Waals surface area contributed by atoms with Crippen LogP contribution < -0.4 is 10.1 Å². The SMILES string of the molecule is C[C@@H](O)[C@]1(C)CN=C(Cc2ccc3ncnc(Nc4ccc(OCc5ccccn5)c(Cl)c4)c3c2)O1. The third-order valence-corrected chi connectivity index (χ3v) is 6.45. The van der Waals surface area contributed by atoms with Crippen molar-refractivity contribution in [3.8, 4) is 5.75 Å². The van der Waals surface area contributed by atoms with Gasteiger partial charge in [-0.15, -0.1) is 0 Å². The maximum atomic E-state index is 9.99. The van der Waals surface area contributed by atoms with Crippen LogP contribution in [0.2, 0.25) is 5.02 Å². The van der Waals surface area contributed by atoms with Gasteiger partial charge in [-0.3, -0.25) is 9.98 Å². The van der Waals surface area contributed by atoms with Crippen molar-refractivity contribution in [2.75, 3.05) is 11.9 Å². The molecule has 3 heterocycles. The number of halogens is 1. The number of aliphatic hydroxyl groups is 1. The number of nitrogens with one attached hydrogen (secondary N) is 1. The predicted octanol–water partition coefficient (Wildman–Crippen LogP) is 5.11. The van der Waals surface area contributed by atoms with Crippen molar-refractivity contribution in [3.05, 3.63) is 83.4 Å². The molecule has 5 rings (SSSR count). The zero-order valence-corrected chi connectivity index (χ0v) is 20.7. The maximum absolute atomic E-state index is 9.99. The van der Waals surface area contributed by atoms with Gasteiger partial charge in [0.25, 0.3) is 0 Å². The van der Waals surface area contributed by atoms with Crippen LogP contribution in [-0.2, 0) is 17.8 Å². The van der Waals surface area contributed by atoms with Crippen LogP contribution in [0.5, 0.6) is 5.75 Å². The highest BCUT2D eigenvalue weighted by molar-refractivity contribution is 6.32. The van der Waals surface area contributed by atoms with Crippen molar-refractivity contribution in [2.45, 2.75) is 38.6 Å². The molecule has 2 aromatic carbocycles.